The number of hydrogen-bond donors (Lipinski definition) is 2. The molecule has 31 heavy (non-hydrogen) atoms. The van der Waals surface area contributed by atoms with Crippen molar-refractivity contribution in [2.45, 2.75) is 0 Å². The van der Waals surface area contributed by atoms with Crippen LogP contribution in [-0.4, -0.2) is 24.3 Å². The zero-order valence-corrected chi connectivity index (χ0v) is 16.5. The standard InChI is InChI=1S/C24H18N2O5/c1-30-18-10-11-20(27)17(12-18)14-25-26-24(29)16-8-6-15(7-9-16)23-13-21(28)19-4-2-3-5-22(19)31-23/h2-14,27H,1H3,(H,26,29)/b25-14+. The van der Waals surface area contributed by atoms with Crippen LogP contribution in [0.4, 0.5) is 0 Å². The van der Waals surface area contributed by atoms with Gasteiger partial charge in [-0.2, -0.15) is 5.10 Å². The number of phenols is 1. The fourth-order valence-corrected chi connectivity index (χ4v) is 3.02. The number of methoxy groups -OCH3 is 1. The first-order valence-electron chi connectivity index (χ1n) is 9.39. The topological polar surface area (TPSA) is 101 Å². The number of ether oxygens (including phenoxy) is 1. The molecule has 0 saturated carbocycles. The predicted molar refractivity (Wildman–Crippen MR) is 118 cm³/mol. The Bertz CT molecular complexity index is 1340. The fourth-order valence-electron chi connectivity index (χ4n) is 3.02. The summed E-state index contributed by atoms with van der Waals surface area (Å²) in [6.07, 6.45) is 1.33. The lowest BCUT2D eigenvalue weighted by Gasteiger charge is -2.05. The van der Waals surface area contributed by atoms with Crippen molar-refractivity contribution in [3.8, 4) is 22.8 Å². The molecule has 0 atom stereocenters. The van der Waals surface area contributed by atoms with E-state index in [1.54, 1.807) is 60.7 Å². The van der Waals surface area contributed by atoms with E-state index in [9.17, 15) is 14.7 Å². The van der Waals surface area contributed by atoms with Gasteiger partial charge in [0.2, 0.25) is 0 Å². The summed E-state index contributed by atoms with van der Waals surface area (Å²) < 4.78 is 10.9. The third-order valence-electron chi connectivity index (χ3n) is 4.67. The maximum atomic E-state index is 12.3. The first-order valence-corrected chi connectivity index (χ1v) is 9.39. The Morgan fingerprint density at radius 1 is 1.06 bits per heavy atom. The SMILES string of the molecule is COc1ccc(O)c(/C=N/NC(=O)c2ccc(-c3cc(=O)c4ccccc4o3)cc2)c1. The molecular formula is C24H18N2O5. The average Bonchev–Trinajstić information content (AvgIpc) is 2.80. The number of fused-ring (bicyclic) bond motifs is 1. The Balaban J connectivity index is 1.49. The van der Waals surface area contributed by atoms with Gasteiger partial charge in [-0.1, -0.05) is 24.3 Å². The molecule has 0 fully saturated rings. The highest BCUT2D eigenvalue weighted by Gasteiger charge is 2.09. The number of amides is 1. The molecule has 1 heterocycles. The molecule has 0 aliphatic heterocycles. The molecule has 4 rings (SSSR count). The normalized spacial score (nSPS) is 11.0. The maximum Gasteiger partial charge on any atom is 0.271 e. The first kappa shape index (κ1) is 19.9. The molecule has 1 amide bonds. The molecular weight excluding hydrogens is 396 g/mol. The molecule has 0 aliphatic rings. The fraction of sp³-hybridized carbons (Fsp3) is 0.0417. The van der Waals surface area contributed by atoms with E-state index in [4.69, 9.17) is 9.15 Å². The summed E-state index contributed by atoms with van der Waals surface area (Å²) in [5.41, 5.74) is 4.23. The van der Waals surface area contributed by atoms with Crippen molar-refractivity contribution in [1.82, 2.24) is 5.43 Å². The maximum absolute atomic E-state index is 12.3. The second-order valence-corrected chi connectivity index (χ2v) is 6.67. The highest BCUT2D eigenvalue weighted by atomic mass is 16.5. The van der Waals surface area contributed by atoms with Crippen LogP contribution in [0.15, 0.2) is 87.1 Å². The summed E-state index contributed by atoms with van der Waals surface area (Å²) in [5.74, 6) is 0.564. The molecule has 0 saturated heterocycles. The smallest absolute Gasteiger partial charge is 0.271 e. The van der Waals surface area contributed by atoms with Crippen LogP contribution in [0, 0.1) is 0 Å². The zero-order chi connectivity index (χ0) is 21.8. The van der Waals surface area contributed by atoms with Crippen LogP contribution < -0.4 is 15.6 Å². The predicted octanol–water partition coefficient (Wildman–Crippen LogP) is 3.94. The second-order valence-electron chi connectivity index (χ2n) is 6.67. The minimum absolute atomic E-state index is 0.0139. The molecule has 0 spiro atoms. The first-order chi connectivity index (χ1) is 15.0. The van der Waals surface area contributed by atoms with Gasteiger partial charge >= 0.3 is 0 Å². The molecule has 3 aromatic carbocycles. The van der Waals surface area contributed by atoms with Gasteiger partial charge in [-0.05, 0) is 42.5 Å². The van der Waals surface area contributed by atoms with E-state index in [1.807, 2.05) is 0 Å². The number of para-hydroxylation sites is 1. The molecule has 0 aliphatic carbocycles. The van der Waals surface area contributed by atoms with Crippen molar-refractivity contribution < 1.29 is 19.1 Å². The zero-order valence-electron chi connectivity index (χ0n) is 16.5. The van der Waals surface area contributed by atoms with E-state index in [0.717, 1.165) is 0 Å². The number of carbonyl (C=O) groups excluding carboxylic acids is 1. The number of nitrogens with zero attached hydrogens (tertiary/aromatic N) is 1. The van der Waals surface area contributed by atoms with Crippen LogP contribution in [0.3, 0.4) is 0 Å². The van der Waals surface area contributed by atoms with Crippen molar-refractivity contribution in [1.29, 1.82) is 0 Å². The summed E-state index contributed by atoms with van der Waals surface area (Å²) in [6.45, 7) is 0. The summed E-state index contributed by atoms with van der Waals surface area (Å²) in [4.78, 5) is 24.6. The lowest BCUT2D eigenvalue weighted by atomic mass is 10.1. The van der Waals surface area contributed by atoms with E-state index in [0.29, 0.717) is 39.2 Å². The highest BCUT2D eigenvalue weighted by Crippen LogP contribution is 2.23. The van der Waals surface area contributed by atoms with Gasteiger partial charge in [0.15, 0.2) is 5.43 Å². The van der Waals surface area contributed by atoms with Gasteiger partial charge in [-0.15, -0.1) is 0 Å². The number of nitrogens with one attached hydrogen (secondary N) is 1. The Labute approximate surface area is 177 Å². The minimum Gasteiger partial charge on any atom is -0.507 e. The van der Waals surface area contributed by atoms with E-state index in [-0.39, 0.29) is 11.2 Å². The Morgan fingerprint density at radius 3 is 2.61 bits per heavy atom. The quantitative estimate of drug-likeness (QED) is 0.381. The van der Waals surface area contributed by atoms with Crippen molar-refractivity contribution >= 4 is 23.1 Å². The van der Waals surface area contributed by atoms with E-state index in [2.05, 4.69) is 10.5 Å². The summed E-state index contributed by atoms with van der Waals surface area (Å²) in [6, 6.07) is 19.8. The van der Waals surface area contributed by atoms with Crippen LogP contribution in [0.2, 0.25) is 0 Å². The number of phenolic OH excluding ortho intramolecular Hbond substituents is 1. The second kappa shape index (κ2) is 8.54. The Kier molecular flexibility index (Phi) is 5.49. The van der Waals surface area contributed by atoms with Crippen molar-refractivity contribution in [2.24, 2.45) is 5.10 Å². The molecule has 4 aromatic rings. The van der Waals surface area contributed by atoms with Gasteiger partial charge < -0.3 is 14.3 Å². The van der Waals surface area contributed by atoms with Crippen molar-refractivity contribution in [3.05, 3.63) is 94.1 Å². The molecule has 0 unspecified atom stereocenters. The minimum atomic E-state index is -0.426. The van der Waals surface area contributed by atoms with Crippen LogP contribution >= 0.6 is 0 Å². The molecule has 154 valence electrons. The van der Waals surface area contributed by atoms with Gasteiger partial charge in [0.05, 0.1) is 18.7 Å². The van der Waals surface area contributed by atoms with Crippen molar-refractivity contribution in [3.63, 3.8) is 0 Å². The van der Waals surface area contributed by atoms with Crippen LogP contribution in [-0.2, 0) is 0 Å². The number of hydrazone groups is 1. The Morgan fingerprint density at radius 2 is 1.84 bits per heavy atom. The van der Waals surface area contributed by atoms with Gasteiger partial charge in [0.1, 0.15) is 22.8 Å². The number of rotatable bonds is 5. The third kappa shape index (κ3) is 4.30. The van der Waals surface area contributed by atoms with Gasteiger partial charge in [0.25, 0.3) is 5.91 Å². The molecule has 7 nitrogen and oxygen atoms in total. The van der Waals surface area contributed by atoms with Crippen LogP contribution in [0.5, 0.6) is 11.5 Å². The largest absolute Gasteiger partial charge is 0.507 e. The monoisotopic (exact) mass is 414 g/mol. The van der Waals surface area contributed by atoms with Crippen LogP contribution in [0.25, 0.3) is 22.3 Å². The van der Waals surface area contributed by atoms with Gasteiger partial charge in [-0.25, -0.2) is 5.43 Å². The molecule has 7 heteroatoms. The van der Waals surface area contributed by atoms with Crippen molar-refractivity contribution in [2.75, 3.05) is 7.11 Å². The lowest BCUT2D eigenvalue weighted by molar-refractivity contribution is 0.0955. The Hall–Kier alpha value is -4.39. The molecule has 0 bridgehead atoms. The number of benzene rings is 3. The number of aromatic hydroxyl groups is 1. The molecule has 0 radical (unpaired) electrons. The third-order valence-corrected chi connectivity index (χ3v) is 4.67. The van der Waals surface area contributed by atoms with Gasteiger partial charge in [-0.3, -0.25) is 9.59 Å². The highest BCUT2D eigenvalue weighted by molar-refractivity contribution is 5.95. The summed E-state index contributed by atoms with van der Waals surface area (Å²) in [5, 5.41) is 14.2. The number of hydrogen-bond acceptors (Lipinski definition) is 6. The lowest BCUT2D eigenvalue weighted by Crippen LogP contribution is -2.17. The number of carbonyl (C=O) groups is 1. The van der Waals surface area contributed by atoms with Gasteiger partial charge in [0, 0.05) is 22.8 Å². The van der Waals surface area contributed by atoms with Crippen LogP contribution in [0.1, 0.15) is 15.9 Å². The summed E-state index contributed by atoms with van der Waals surface area (Å²) >= 11 is 0. The molecule has 2 N–H and O–H groups in total. The average molecular weight is 414 g/mol. The molecule has 1 aromatic heterocycles. The van der Waals surface area contributed by atoms with E-state index < -0.39 is 5.91 Å². The van der Waals surface area contributed by atoms with E-state index >= 15 is 0 Å². The summed E-state index contributed by atoms with van der Waals surface area (Å²) in [7, 11) is 1.52. The van der Waals surface area contributed by atoms with E-state index in [1.165, 1.54) is 25.5 Å².